The van der Waals surface area contributed by atoms with Crippen LogP contribution in [0, 0.1) is 0 Å². The molecule has 0 unspecified atom stereocenters. The van der Waals surface area contributed by atoms with Crippen LogP contribution in [0.15, 0.2) is 47.5 Å². The molecular formula is C14H7N2Na3O4. The third-order valence-electron chi connectivity index (χ3n) is 2.91. The molecule has 2 aromatic carbocycles. The molecule has 0 aliphatic carbocycles. The molecule has 0 radical (unpaired) electrons. The summed E-state index contributed by atoms with van der Waals surface area (Å²) in [5, 5.41) is 33.9. The summed E-state index contributed by atoms with van der Waals surface area (Å²) < 4.78 is 1.16. The number of hydrogen-bond donors (Lipinski definition) is 0. The molecule has 0 saturated carbocycles. The molecule has 6 nitrogen and oxygen atoms in total. The van der Waals surface area contributed by atoms with Crippen molar-refractivity contribution in [3.8, 4) is 22.9 Å². The predicted molar refractivity (Wildman–Crippen MR) is 65.7 cm³/mol. The predicted octanol–water partition coefficient (Wildman–Crippen LogP) is -9.38. The second kappa shape index (κ2) is 9.46. The summed E-state index contributed by atoms with van der Waals surface area (Å²) in [7, 11) is 0. The molecule has 3 aromatic rings. The van der Waals surface area contributed by atoms with Crippen molar-refractivity contribution in [2.75, 3.05) is 0 Å². The summed E-state index contributed by atoms with van der Waals surface area (Å²) >= 11 is 0. The van der Waals surface area contributed by atoms with Crippen molar-refractivity contribution in [3.05, 3.63) is 53.1 Å². The van der Waals surface area contributed by atoms with E-state index < -0.39 is 17.1 Å². The molecule has 23 heavy (non-hydrogen) atoms. The van der Waals surface area contributed by atoms with Gasteiger partial charge in [-0.3, -0.25) is 9.36 Å². The van der Waals surface area contributed by atoms with Crippen molar-refractivity contribution >= 4 is 10.9 Å². The van der Waals surface area contributed by atoms with Gasteiger partial charge in [0.2, 0.25) is 0 Å². The molecule has 0 bridgehead atoms. The van der Waals surface area contributed by atoms with Gasteiger partial charge in [0.1, 0.15) is 6.33 Å². The largest absolute Gasteiger partial charge is 1.00 e. The molecular weight excluding hydrogens is 329 g/mol. The van der Waals surface area contributed by atoms with E-state index in [9.17, 15) is 20.1 Å². The maximum absolute atomic E-state index is 12.3. The fraction of sp³-hybridized carbons (Fsp3) is 0. The number of aromatic nitrogens is 2. The van der Waals surface area contributed by atoms with Crippen molar-refractivity contribution in [1.29, 1.82) is 0 Å². The van der Waals surface area contributed by atoms with Crippen LogP contribution in [0.2, 0.25) is 0 Å². The van der Waals surface area contributed by atoms with Crippen LogP contribution in [-0.4, -0.2) is 9.55 Å². The first-order valence-corrected chi connectivity index (χ1v) is 5.73. The van der Waals surface area contributed by atoms with Crippen LogP contribution in [0.4, 0.5) is 0 Å². The van der Waals surface area contributed by atoms with Gasteiger partial charge >= 0.3 is 88.7 Å². The Kier molecular flexibility index (Phi) is 9.45. The van der Waals surface area contributed by atoms with Gasteiger partial charge < -0.3 is 15.3 Å². The zero-order valence-electron chi connectivity index (χ0n) is 13.1. The van der Waals surface area contributed by atoms with E-state index >= 15 is 0 Å². The molecule has 3 rings (SSSR count). The van der Waals surface area contributed by atoms with Gasteiger partial charge in [-0.25, -0.2) is 4.98 Å². The Balaban J connectivity index is 0.00000161. The van der Waals surface area contributed by atoms with Gasteiger partial charge in [-0.05, 0) is 18.2 Å². The van der Waals surface area contributed by atoms with Crippen molar-refractivity contribution < 1.29 is 104 Å². The van der Waals surface area contributed by atoms with E-state index in [1.54, 1.807) is 0 Å². The molecule has 0 aliphatic heterocycles. The molecule has 9 heteroatoms. The number of nitrogens with zero attached hydrogens (tertiary/aromatic N) is 2. The Labute approximate surface area is 198 Å². The number of rotatable bonds is 1. The second-order valence-electron chi connectivity index (χ2n) is 4.23. The molecule has 0 aliphatic rings. The normalized spacial score (nSPS) is 9.39. The van der Waals surface area contributed by atoms with Gasteiger partial charge in [0.15, 0.2) is 0 Å². The van der Waals surface area contributed by atoms with Gasteiger partial charge in [-0.15, -0.1) is 11.5 Å². The van der Waals surface area contributed by atoms with Crippen molar-refractivity contribution in [2.45, 2.75) is 0 Å². The summed E-state index contributed by atoms with van der Waals surface area (Å²) in [5.74, 6) is -1.32. The maximum atomic E-state index is 12.3. The Morgan fingerprint density at radius 2 is 1.48 bits per heavy atom. The summed E-state index contributed by atoms with van der Waals surface area (Å²) in [6, 6.07) is 7.54. The van der Waals surface area contributed by atoms with Crippen molar-refractivity contribution in [1.82, 2.24) is 9.55 Å². The van der Waals surface area contributed by atoms with Gasteiger partial charge in [0.05, 0.1) is 16.6 Å². The van der Waals surface area contributed by atoms with Gasteiger partial charge in [0, 0.05) is 0 Å². The quantitative estimate of drug-likeness (QED) is 0.411. The Hall–Kier alpha value is -0.0200. The Bertz CT molecular complexity index is 866. The minimum atomic E-state index is -0.653. The van der Waals surface area contributed by atoms with Gasteiger partial charge in [-0.2, -0.15) is 0 Å². The fourth-order valence-electron chi connectivity index (χ4n) is 1.98. The van der Waals surface area contributed by atoms with E-state index in [0.29, 0.717) is 5.69 Å². The van der Waals surface area contributed by atoms with Crippen LogP contribution in [0.25, 0.3) is 16.6 Å². The van der Waals surface area contributed by atoms with E-state index in [4.69, 9.17) is 0 Å². The minimum Gasteiger partial charge on any atom is -0.872 e. The first-order valence-electron chi connectivity index (χ1n) is 5.73. The van der Waals surface area contributed by atoms with Gasteiger partial charge in [-0.1, -0.05) is 23.9 Å². The number of benzene rings is 2. The molecule has 100 valence electrons. The van der Waals surface area contributed by atoms with E-state index in [1.807, 2.05) is 0 Å². The van der Waals surface area contributed by atoms with Crippen molar-refractivity contribution in [2.24, 2.45) is 0 Å². The average molecular weight is 336 g/mol. The first-order chi connectivity index (χ1) is 9.56. The van der Waals surface area contributed by atoms with Gasteiger partial charge in [0.25, 0.3) is 5.56 Å². The SMILES string of the molecule is O=c1c2c([O-])cc([O-])cc2ncn1-c1ccc([O-])cc1.[Na+].[Na+].[Na+]. The average Bonchev–Trinajstić information content (AvgIpc) is 2.39. The number of hydrogen-bond acceptors (Lipinski definition) is 5. The van der Waals surface area contributed by atoms with E-state index in [-0.39, 0.29) is 105 Å². The van der Waals surface area contributed by atoms with Crippen LogP contribution < -0.4 is 110 Å². The van der Waals surface area contributed by atoms with Crippen LogP contribution in [-0.2, 0) is 0 Å². The van der Waals surface area contributed by atoms with E-state index in [1.165, 1.54) is 30.6 Å². The molecule has 0 amide bonds. The van der Waals surface area contributed by atoms with E-state index in [2.05, 4.69) is 4.98 Å². The second-order valence-corrected chi connectivity index (χ2v) is 4.23. The summed E-state index contributed by atoms with van der Waals surface area (Å²) in [5.41, 5.74) is -0.0718. The van der Waals surface area contributed by atoms with E-state index in [0.717, 1.165) is 16.7 Å². The molecule has 1 aromatic heterocycles. The summed E-state index contributed by atoms with van der Waals surface area (Å²) in [6.45, 7) is 0. The molecule has 0 atom stereocenters. The van der Waals surface area contributed by atoms with Crippen LogP contribution in [0.3, 0.4) is 0 Å². The smallest absolute Gasteiger partial charge is 0.872 e. The Morgan fingerprint density at radius 1 is 0.870 bits per heavy atom. The molecule has 0 saturated heterocycles. The maximum Gasteiger partial charge on any atom is 1.00 e. The topological polar surface area (TPSA) is 104 Å². The third-order valence-corrected chi connectivity index (χ3v) is 2.91. The van der Waals surface area contributed by atoms with Crippen LogP contribution in [0.1, 0.15) is 0 Å². The fourth-order valence-corrected chi connectivity index (χ4v) is 1.98. The summed E-state index contributed by atoms with van der Waals surface area (Å²) in [4.78, 5) is 16.2. The third kappa shape index (κ3) is 4.75. The summed E-state index contributed by atoms with van der Waals surface area (Å²) in [6.07, 6.45) is 1.23. The minimum absolute atomic E-state index is 0. The van der Waals surface area contributed by atoms with Crippen LogP contribution in [0.5, 0.6) is 17.2 Å². The zero-order valence-corrected chi connectivity index (χ0v) is 19.1. The molecule has 0 N–H and O–H groups in total. The zero-order chi connectivity index (χ0) is 14.3. The Morgan fingerprint density at radius 3 is 2.09 bits per heavy atom. The first kappa shape index (κ1) is 23.0. The number of fused-ring (bicyclic) bond motifs is 1. The standard InChI is InChI=1S/C14H10N2O4.3Na/c17-9-3-1-8(2-4-9)16-7-15-11-5-10(18)6-12(19)13(11)14(16)20;;;/h1-7,17-19H;;;/q;3*+1/p-3. The van der Waals surface area contributed by atoms with Crippen LogP contribution >= 0.6 is 0 Å². The van der Waals surface area contributed by atoms with Crippen molar-refractivity contribution in [3.63, 3.8) is 0 Å². The molecule has 1 heterocycles. The molecule has 0 spiro atoms. The molecule has 0 fully saturated rings. The monoisotopic (exact) mass is 336 g/mol.